The zero-order valence-electron chi connectivity index (χ0n) is 16.5. The van der Waals surface area contributed by atoms with Crippen molar-refractivity contribution in [2.24, 2.45) is 0 Å². The van der Waals surface area contributed by atoms with E-state index in [0.717, 1.165) is 5.56 Å². The Morgan fingerprint density at radius 1 is 0.931 bits per heavy atom. The Labute approximate surface area is 169 Å². The zero-order chi connectivity index (χ0) is 20.8. The number of Topliss-reactive ketones (excluding diaryl/α,β-unsaturated/α-hetero) is 1. The van der Waals surface area contributed by atoms with Gasteiger partial charge in [0.15, 0.2) is 5.78 Å². The van der Waals surface area contributed by atoms with Gasteiger partial charge in [-0.2, -0.15) is 0 Å². The highest BCUT2D eigenvalue weighted by molar-refractivity contribution is 5.98. The van der Waals surface area contributed by atoms with Crippen molar-refractivity contribution >= 4 is 17.6 Å². The highest BCUT2D eigenvalue weighted by Crippen LogP contribution is 2.15. The first-order valence-corrected chi connectivity index (χ1v) is 9.86. The van der Waals surface area contributed by atoms with Crippen LogP contribution in [0, 0.1) is 12.7 Å². The fourth-order valence-electron chi connectivity index (χ4n) is 3.41. The molecule has 2 aromatic rings. The summed E-state index contributed by atoms with van der Waals surface area (Å²) in [7, 11) is 0. The van der Waals surface area contributed by atoms with Gasteiger partial charge in [0.1, 0.15) is 5.82 Å². The van der Waals surface area contributed by atoms with Crippen molar-refractivity contribution in [2.75, 3.05) is 13.1 Å². The fourth-order valence-corrected chi connectivity index (χ4v) is 3.41. The summed E-state index contributed by atoms with van der Waals surface area (Å²) in [6.45, 7) is 3.06. The van der Waals surface area contributed by atoms with E-state index >= 15 is 0 Å². The number of hydrogen-bond acceptors (Lipinski definition) is 3. The lowest BCUT2D eigenvalue weighted by atomic mass is 10.0. The molecular weight excluding hydrogens is 371 g/mol. The Balaban J connectivity index is 1.42. The number of carbonyl (C=O) groups excluding carboxylic acids is 3. The lowest BCUT2D eigenvalue weighted by molar-refractivity contribution is -0.132. The average Bonchev–Trinajstić information content (AvgIpc) is 2.73. The second-order valence-corrected chi connectivity index (χ2v) is 7.42. The van der Waals surface area contributed by atoms with Crippen LogP contribution in [0.5, 0.6) is 0 Å². The summed E-state index contributed by atoms with van der Waals surface area (Å²) >= 11 is 0. The van der Waals surface area contributed by atoms with Gasteiger partial charge in [-0.15, -0.1) is 0 Å². The van der Waals surface area contributed by atoms with Crippen molar-refractivity contribution in [1.82, 2.24) is 10.2 Å². The Bertz CT molecular complexity index is 870. The van der Waals surface area contributed by atoms with E-state index < -0.39 is 0 Å². The van der Waals surface area contributed by atoms with E-state index in [2.05, 4.69) is 5.32 Å². The van der Waals surface area contributed by atoms with Gasteiger partial charge in [0.25, 0.3) is 5.91 Å². The maximum absolute atomic E-state index is 13.0. The first-order chi connectivity index (χ1) is 13.9. The third-order valence-electron chi connectivity index (χ3n) is 5.23. The molecule has 5 nitrogen and oxygen atoms in total. The SMILES string of the molecule is Cc1ccc(C(=O)CCC(=O)N2CCC(NC(=O)c3ccc(F)cc3)CC2)cc1. The molecule has 1 aliphatic heterocycles. The minimum atomic E-state index is -0.380. The Hall–Kier alpha value is -3.02. The smallest absolute Gasteiger partial charge is 0.251 e. The first kappa shape index (κ1) is 20.7. The fraction of sp³-hybridized carbons (Fsp3) is 0.348. The molecule has 29 heavy (non-hydrogen) atoms. The number of aryl methyl sites for hydroxylation is 1. The molecule has 1 aliphatic rings. The first-order valence-electron chi connectivity index (χ1n) is 9.86. The third kappa shape index (κ3) is 5.73. The van der Waals surface area contributed by atoms with Gasteiger partial charge in [-0.25, -0.2) is 4.39 Å². The number of likely N-dealkylation sites (tertiary alicyclic amines) is 1. The van der Waals surface area contributed by atoms with Crippen molar-refractivity contribution in [1.29, 1.82) is 0 Å². The minimum absolute atomic E-state index is 0.0224. The summed E-state index contributed by atoms with van der Waals surface area (Å²) in [5.41, 5.74) is 2.14. The van der Waals surface area contributed by atoms with Crippen LogP contribution < -0.4 is 5.32 Å². The summed E-state index contributed by atoms with van der Waals surface area (Å²) in [6.07, 6.45) is 1.71. The van der Waals surface area contributed by atoms with Gasteiger partial charge < -0.3 is 10.2 Å². The number of nitrogens with zero attached hydrogens (tertiary/aromatic N) is 1. The van der Waals surface area contributed by atoms with Crippen LogP contribution in [-0.2, 0) is 4.79 Å². The van der Waals surface area contributed by atoms with Crippen LogP contribution in [0.4, 0.5) is 4.39 Å². The van der Waals surface area contributed by atoms with Crippen molar-refractivity contribution in [2.45, 2.75) is 38.6 Å². The van der Waals surface area contributed by atoms with Gasteiger partial charge in [-0.3, -0.25) is 14.4 Å². The number of hydrogen-bond donors (Lipinski definition) is 1. The van der Waals surface area contributed by atoms with E-state index in [1.54, 1.807) is 17.0 Å². The van der Waals surface area contributed by atoms with Gasteiger partial charge in [0.05, 0.1) is 0 Å². The summed E-state index contributed by atoms with van der Waals surface area (Å²) in [5, 5.41) is 2.94. The van der Waals surface area contributed by atoms with Crippen LogP contribution in [0.15, 0.2) is 48.5 Å². The summed E-state index contributed by atoms with van der Waals surface area (Å²) in [6, 6.07) is 12.8. The second kappa shape index (κ2) is 9.45. The van der Waals surface area contributed by atoms with Crippen molar-refractivity contribution in [3.63, 3.8) is 0 Å². The van der Waals surface area contributed by atoms with E-state index in [-0.39, 0.29) is 42.3 Å². The van der Waals surface area contributed by atoms with Gasteiger partial charge in [0.2, 0.25) is 5.91 Å². The standard InChI is InChI=1S/C23H25FN2O3/c1-16-2-4-17(5-3-16)21(27)10-11-22(28)26-14-12-20(13-15-26)25-23(29)18-6-8-19(24)9-7-18/h2-9,20H,10-15H2,1H3,(H,25,29). The van der Waals surface area contributed by atoms with E-state index in [9.17, 15) is 18.8 Å². The molecule has 0 saturated carbocycles. The number of rotatable bonds is 6. The van der Waals surface area contributed by atoms with Gasteiger partial charge in [0, 0.05) is 43.1 Å². The van der Waals surface area contributed by atoms with E-state index in [1.165, 1.54) is 24.3 Å². The lowest BCUT2D eigenvalue weighted by Gasteiger charge is -2.32. The molecule has 1 heterocycles. The number of halogens is 1. The monoisotopic (exact) mass is 396 g/mol. The highest BCUT2D eigenvalue weighted by atomic mass is 19.1. The molecule has 0 aromatic heterocycles. The maximum atomic E-state index is 13.0. The number of carbonyl (C=O) groups is 3. The molecule has 1 saturated heterocycles. The number of benzene rings is 2. The molecule has 0 bridgehead atoms. The zero-order valence-corrected chi connectivity index (χ0v) is 16.5. The molecule has 1 fully saturated rings. The molecule has 1 N–H and O–H groups in total. The average molecular weight is 396 g/mol. The van der Waals surface area contributed by atoms with E-state index in [1.807, 2.05) is 19.1 Å². The van der Waals surface area contributed by atoms with Crippen LogP contribution in [0.2, 0.25) is 0 Å². The molecule has 2 aromatic carbocycles. The topological polar surface area (TPSA) is 66.5 Å². The van der Waals surface area contributed by atoms with Crippen molar-refractivity contribution in [3.8, 4) is 0 Å². The number of amides is 2. The number of piperidine rings is 1. The maximum Gasteiger partial charge on any atom is 0.251 e. The van der Waals surface area contributed by atoms with Crippen LogP contribution in [0.3, 0.4) is 0 Å². The van der Waals surface area contributed by atoms with E-state index in [4.69, 9.17) is 0 Å². The summed E-state index contributed by atoms with van der Waals surface area (Å²) in [5.74, 6) is -0.679. The Morgan fingerprint density at radius 2 is 1.52 bits per heavy atom. The molecule has 0 radical (unpaired) electrons. The Kier molecular flexibility index (Phi) is 6.75. The molecule has 0 aliphatic carbocycles. The predicted octanol–water partition coefficient (Wildman–Crippen LogP) is 3.52. The van der Waals surface area contributed by atoms with Crippen LogP contribution in [-0.4, -0.2) is 41.6 Å². The van der Waals surface area contributed by atoms with Gasteiger partial charge >= 0.3 is 0 Å². The van der Waals surface area contributed by atoms with Crippen LogP contribution >= 0.6 is 0 Å². The Morgan fingerprint density at radius 3 is 2.14 bits per heavy atom. The second-order valence-electron chi connectivity index (χ2n) is 7.42. The highest BCUT2D eigenvalue weighted by Gasteiger charge is 2.24. The molecule has 0 atom stereocenters. The molecule has 152 valence electrons. The van der Waals surface area contributed by atoms with Crippen molar-refractivity contribution < 1.29 is 18.8 Å². The number of ketones is 1. The van der Waals surface area contributed by atoms with Crippen LogP contribution in [0.1, 0.15) is 52.0 Å². The number of nitrogens with one attached hydrogen (secondary N) is 1. The molecule has 6 heteroatoms. The molecule has 0 spiro atoms. The van der Waals surface area contributed by atoms with Gasteiger partial charge in [-0.05, 0) is 44.0 Å². The van der Waals surface area contributed by atoms with Crippen LogP contribution in [0.25, 0.3) is 0 Å². The molecular formula is C23H25FN2O3. The minimum Gasteiger partial charge on any atom is -0.349 e. The normalized spacial score (nSPS) is 14.5. The predicted molar refractivity (Wildman–Crippen MR) is 108 cm³/mol. The van der Waals surface area contributed by atoms with Crippen molar-refractivity contribution in [3.05, 3.63) is 71.0 Å². The molecule has 3 rings (SSSR count). The quantitative estimate of drug-likeness (QED) is 0.760. The van der Waals surface area contributed by atoms with E-state index in [0.29, 0.717) is 37.1 Å². The third-order valence-corrected chi connectivity index (χ3v) is 5.23. The lowest BCUT2D eigenvalue weighted by Crippen LogP contribution is -2.46. The molecule has 0 unspecified atom stereocenters. The van der Waals surface area contributed by atoms with Gasteiger partial charge in [-0.1, -0.05) is 29.8 Å². The molecule has 2 amide bonds. The largest absolute Gasteiger partial charge is 0.349 e. The summed E-state index contributed by atoms with van der Waals surface area (Å²) in [4.78, 5) is 38.6. The summed E-state index contributed by atoms with van der Waals surface area (Å²) < 4.78 is 13.0.